The zero-order valence-corrected chi connectivity index (χ0v) is 10.4. The molecule has 1 aliphatic heterocycles. The van der Waals surface area contributed by atoms with Crippen molar-refractivity contribution in [1.29, 1.82) is 0 Å². The molecule has 1 saturated heterocycles. The van der Waals surface area contributed by atoms with Gasteiger partial charge in [0.05, 0.1) is 0 Å². The van der Waals surface area contributed by atoms with Crippen molar-refractivity contribution < 1.29 is 4.74 Å². The molecule has 0 aromatic carbocycles. The van der Waals surface area contributed by atoms with Gasteiger partial charge >= 0.3 is 0 Å². The third kappa shape index (κ3) is 2.69. The molecular weight excluding hydrogens is 228 g/mol. The number of halogens is 1. The van der Waals surface area contributed by atoms with Crippen LogP contribution in [0.15, 0.2) is 0 Å². The van der Waals surface area contributed by atoms with Crippen molar-refractivity contribution in [2.45, 2.75) is 39.5 Å². The molecule has 0 amide bonds. The van der Waals surface area contributed by atoms with E-state index in [-0.39, 0.29) is 0 Å². The van der Waals surface area contributed by atoms with Crippen molar-refractivity contribution in [2.75, 3.05) is 18.5 Å². The monoisotopic (exact) mass is 248 g/mol. The van der Waals surface area contributed by atoms with Crippen molar-refractivity contribution >= 4 is 15.9 Å². The van der Waals surface area contributed by atoms with Gasteiger partial charge in [0.2, 0.25) is 0 Å². The van der Waals surface area contributed by atoms with E-state index in [9.17, 15) is 0 Å². The second-order valence-electron chi connectivity index (χ2n) is 4.30. The van der Waals surface area contributed by atoms with Crippen LogP contribution in [0.2, 0.25) is 0 Å². The second-order valence-corrected chi connectivity index (χ2v) is 4.86. The Morgan fingerprint density at radius 1 is 1.38 bits per heavy atom. The zero-order chi connectivity index (χ0) is 9.73. The lowest BCUT2D eigenvalue weighted by Gasteiger charge is -2.41. The minimum absolute atomic E-state index is 0.522. The number of alkyl halides is 1. The summed E-state index contributed by atoms with van der Waals surface area (Å²) in [6.07, 6.45) is 5.13. The van der Waals surface area contributed by atoms with Gasteiger partial charge < -0.3 is 4.74 Å². The fourth-order valence-electron chi connectivity index (χ4n) is 2.28. The Labute approximate surface area is 90.4 Å². The summed E-state index contributed by atoms with van der Waals surface area (Å²) < 4.78 is 5.43. The predicted molar refractivity (Wildman–Crippen MR) is 60.4 cm³/mol. The van der Waals surface area contributed by atoms with Gasteiger partial charge in [0, 0.05) is 18.5 Å². The number of hydrogen-bond donors (Lipinski definition) is 0. The third-order valence-corrected chi connectivity index (χ3v) is 4.64. The highest BCUT2D eigenvalue weighted by molar-refractivity contribution is 9.09. The highest BCUT2D eigenvalue weighted by Gasteiger charge is 2.36. The van der Waals surface area contributed by atoms with Crippen molar-refractivity contribution in [1.82, 2.24) is 0 Å². The number of ether oxygens (including phenoxy) is 1. The van der Waals surface area contributed by atoms with Crippen LogP contribution >= 0.6 is 15.9 Å². The molecule has 0 aromatic heterocycles. The molecule has 0 bridgehead atoms. The van der Waals surface area contributed by atoms with E-state index in [4.69, 9.17) is 4.74 Å². The molecule has 78 valence electrons. The minimum Gasteiger partial charge on any atom is -0.381 e. The molecule has 1 fully saturated rings. The molecule has 1 unspecified atom stereocenters. The topological polar surface area (TPSA) is 9.23 Å². The molecular formula is C11H21BrO. The van der Waals surface area contributed by atoms with Crippen LogP contribution in [0.1, 0.15) is 39.5 Å². The smallest absolute Gasteiger partial charge is 0.0471 e. The Bertz CT molecular complexity index is 141. The Balaban J connectivity index is 2.55. The molecule has 1 rings (SSSR count). The van der Waals surface area contributed by atoms with Crippen molar-refractivity contribution in [3.8, 4) is 0 Å². The van der Waals surface area contributed by atoms with Gasteiger partial charge in [-0.05, 0) is 24.2 Å². The van der Waals surface area contributed by atoms with E-state index in [1.54, 1.807) is 0 Å². The molecule has 1 atom stereocenters. The minimum atomic E-state index is 0.522. The first-order chi connectivity index (χ1) is 6.25. The van der Waals surface area contributed by atoms with Crippen molar-refractivity contribution in [3.05, 3.63) is 0 Å². The summed E-state index contributed by atoms with van der Waals surface area (Å²) in [5.41, 5.74) is 0.522. The molecule has 13 heavy (non-hydrogen) atoms. The van der Waals surface area contributed by atoms with E-state index in [1.807, 2.05) is 0 Å². The lowest BCUT2D eigenvalue weighted by molar-refractivity contribution is -0.00210. The normalized spacial score (nSPS) is 24.2. The summed E-state index contributed by atoms with van der Waals surface area (Å²) in [5.74, 6) is 0.834. The quantitative estimate of drug-likeness (QED) is 0.691. The van der Waals surface area contributed by atoms with Gasteiger partial charge in [-0.3, -0.25) is 0 Å². The van der Waals surface area contributed by atoms with Crippen LogP contribution in [-0.2, 0) is 4.74 Å². The standard InChI is InChI=1S/C11H21BrO/c1-3-4-10(2)11(9-12)5-7-13-8-6-11/h10H,3-9H2,1-2H3. The van der Waals surface area contributed by atoms with Crippen LogP contribution in [0.3, 0.4) is 0 Å². The molecule has 0 aliphatic carbocycles. The second kappa shape index (κ2) is 5.35. The molecule has 0 N–H and O–H groups in total. The maximum Gasteiger partial charge on any atom is 0.0471 e. The van der Waals surface area contributed by atoms with E-state index in [0.29, 0.717) is 5.41 Å². The summed E-state index contributed by atoms with van der Waals surface area (Å²) in [6.45, 7) is 6.59. The molecule has 1 aliphatic rings. The Hall–Kier alpha value is 0.440. The van der Waals surface area contributed by atoms with E-state index < -0.39 is 0 Å². The molecule has 0 aromatic rings. The van der Waals surface area contributed by atoms with E-state index in [0.717, 1.165) is 24.5 Å². The van der Waals surface area contributed by atoms with Gasteiger partial charge in [-0.2, -0.15) is 0 Å². The lowest BCUT2D eigenvalue weighted by Crippen LogP contribution is -2.37. The lowest BCUT2D eigenvalue weighted by atomic mass is 9.70. The first kappa shape index (κ1) is 11.5. The van der Waals surface area contributed by atoms with Gasteiger partial charge in [0.25, 0.3) is 0 Å². The van der Waals surface area contributed by atoms with Crippen LogP contribution in [0, 0.1) is 11.3 Å². The van der Waals surface area contributed by atoms with Crippen LogP contribution in [0.5, 0.6) is 0 Å². The van der Waals surface area contributed by atoms with E-state index in [2.05, 4.69) is 29.8 Å². The molecule has 1 heterocycles. The van der Waals surface area contributed by atoms with E-state index >= 15 is 0 Å². The summed E-state index contributed by atoms with van der Waals surface area (Å²) in [7, 11) is 0. The SMILES string of the molecule is CCCC(C)C1(CBr)CCOCC1. The van der Waals surface area contributed by atoms with Crippen LogP contribution in [-0.4, -0.2) is 18.5 Å². The van der Waals surface area contributed by atoms with Gasteiger partial charge in [-0.15, -0.1) is 0 Å². The maximum absolute atomic E-state index is 5.43. The molecule has 2 heteroatoms. The summed E-state index contributed by atoms with van der Waals surface area (Å²) in [6, 6.07) is 0. The third-order valence-electron chi connectivity index (χ3n) is 3.52. The zero-order valence-electron chi connectivity index (χ0n) is 8.81. The summed E-state index contributed by atoms with van der Waals surface area (Å²) in [4.78, 5) is 0. The van der Waals surface area contributed by atoms with Crippen LogP contribution < -0.4 is 0 Å². The van der Waals surface area contributed by atoms with Crippen LogP contribution in [0.25, 0.3) is 0 Å². The molecule has 0 saturated carbocycles. The Morgan fingerprint density at radius 2 is 2.00 bits per heavy atom. The van der Waals surface area contributed by atoms with Crippen molar-refractivity contribution in [3.63, 3.8) is 0 Å². The molecule has 0 spiro atoms. The first-order valence-corrected chi connectivity index (χ1v) is 6.51. The highest BCUT2D eigenvalue weighted by atomic mass is 79.9. The van der Waals surface area contributed by atoms with Gasteiger partial charge in [0.15, 0.2) is 0 Å². The van der Waals surface area contributed by atoms with Gasteiger partial charge in [0.1, 0.15) is 0 Å². The van der Waals surface area contributed by atoms with Crippen molar-refractivity contribution in [2.24, 2.45) is 11.3 Å². The first-order valence-electron chi connectivity index (χ1n) is 5.39. The van der Waals surface area contributed by atoms with Gasteiger partial charge in [-0.1, -0.05) is 42.6 Å². The van der Waals surface area contributed by atoms with Gasteiger partial charge in [-0.25, -0.2) is 0 Å². The maximum atomic E-state index is 5.43. The highest BCUT2D eigenvalue weighted by Crippen LogP contribution is 2.41. The van der Waals surface area contributed by atoms with Crippen LogP contribution in [0.4, 0.5) is 0 Å². The fraction of sp³-hybridized carbons (Fsp3) is 1.00. The van der Waals surface area contributed by atoms with E-state index in [1.165, 1.54) is 25.7 Å². The largest absolute Gasteiger partial charge is 0.381 e. The molecule has 1 nitrogen and oxygen atoms in total. The predicted octanol–water partition coefficient (Wildman–Crippen LogP) is 3.61. The summed E-state index contributed by atoms with van der Waals surface area (Å²) in [5, 5.41) is 1.14. The fourth-order valence-corrected chi connectivity index (χ4v) is 3.39. The average Bonchev–Trinajstić information content (AvgIpc) is 2.19. The molecule has 0 radical (unpaired) electrons. The number of hydrogen-bond acceptors (Lipinski definition) is 1. The number of rotatable bonds is 4. The Kier molecular flexibility index (Phi) is 4.74. The average molecular weight is 249 g/mol. The Morgan fingerprint density at radius 3 is 2.46 bits per heavy atom. The summed E-state index contributed by atoms with van der Waals surface area (Å²) >= 11 is 3.68.